The van der Waals surface area contributed by atoms with Gasteiger partial charge in [0.15, 0.2) is 0 Å². The van der Waals surface area contributed by atoms with Gasteiger partial charge in [-0.25, -0.2) is 4.39 Å². The normalized spacial score (nSPS) is 11.7. The Morgan fingerprint density at radius 3 is 2.60 bits per heavy atom. The Morgan fingerprint density at radius 1 is 1.25 bits per heavy atom. The van der Waals surface area contributed by atoms with E-state index in [0.29, 0.717) is 16.8 Å². The third kappa shape index (κ3) is 3.56. The van der Waals surface area contributed by atoms with Gasteiger partial charge in [0.2, 0.25) is 0 Å². The Hall–Kier alpha value is -1.90. The second kappa shape index (κ2) is 6.51. The van der Waals surface area contributed by atoms with Crippen LogP contribution < -0.4 is 5.32 Å². The monoisotopic (exact) mass is 334 g/mol. The van der Waals surface area contributed by atoms with E-state index >= 15 is 0 Å². The molecule has 3 nitrogen and oxygen atoms in total. The first-order valence-electron chi connectivity index (χ1n) is 5.97. The van der Waals surface area contributed by atoms with Crippen LogP contribution in [0.1, 0.15) is 17.2 Å². The Bertz CT molecular complexity index is 637. The summed E-state index contributed by atoms with van der Waals surface area (Å²) < 4.78 is 13.6. The number of aliphatic hydroxyl groups excluding tert-OH is 1. The highest BCUT2D eigenvalue weighted by Gasteiger charge is 2.09. The van der Waals surface area contributed by atoms with Gasteiger partial charge in [-0.15, -0.1) is 0 Å². The number of nitrogens with zero attached hydrogens (tertiary/aromatic N) is 1. The van der Waals surface area contributed by atoms with Crippen LogP contribution >= 0.6 is 15.9 Å². The van der Waals surface area contributed by atoms with Crippen LogP contribution in [0.2, 0.25) is 0 Å². The van der Waals surface area contributed by atoms with Gasteiger partial charge in [0.05, 0.1) is 17.4 Å². The maximum atomic E-state index is 12.8. The number of nitriles is 1. The Morgan fingerprint density at radius 2 is 1.95 bits per heavy atom. The number of rotatable bonds is 4. The van der Waals surface area contributed by atoms with Crippen molar-refractivity contribution < 1.29 is 9.50 Å². The summed E-state index contributed by atoms with van der Waals surface area (Å²) in [5.41, 5.74) is 1.76. The number of aliphatic hydroxyl groups is 1. The van der Waals surface area contributed by atoms with Crippen LogP contribution in [0.15, 0.2) is 46.9 Å². The first kappa shape index (κ1) is 14.5. The molecule has 5 heteroatoms. The van der Waals surface area contributed by atoms with Gasteiger partial charge in [-0.1, -0.05) is 28.1 Å². The number of nitrogens with one attached hydrogen (secondary N) is 1. The van der Waals surface area contributed by atoms with Crippen molar-refractivity contribution >= 4 is 21.6 Å². The summed E-state index contributed by atoms with van der Waals surface area (Å²) in [5, 5.41) is 22.1. The smallest absolute Gasteiger partial charge is 0.123 e. The predicted octanol–water partition coefficient (Wildman–Crippen LogP) is 3.61. The molecule has 0 aliphatic heterocycles. The third-order valence-corrected chi connectivity index (χ3v) is 3.34. The average Bonchev–Trinajstić information content (AvgIpc) is 2.45. The summed E-state index contributed by atoms with van der Waals surface area (Å²) in [7, 11) is 0. The van der Waals surface area contributed by atoms with Crippen LogP contribution in [0.3, 0.4) is 0 Å². The molecule has 0 spiro atoms. The molecule has 102 valence electrons. The summed E-state index contributed by atoms with van der Waals surface area (Å²) in [5.74, 6) is -0.340. The molecule has 0 saturated heterocycles. The molecule has 0 bridgehead atoms. The standard InChI is InChI=1S/C15H12BrFN2O/c16-12-4-1-11(8-18)14(7-12)19-9-15(20)10-2-5-13(17)6-3-10/h1-7,15,19-20H,9H2. The van der Waals surface area contributed by atoms with Crippen LogP contribution in [-0.2, 0) is 0 Å². The highest BCUT2D eigenvalue weighted by Crippen LogP contribution is 2.22. The average molecular weight is 335 g/mol. The molecular weight excluding hydrogens is 323 g/mol. The molecule has 2 N–H and O–H groups in total. The summed E-state index contributed by atoms with van der Waals surface area (Å²) in [6.45, 7) is 0.233. The van der Waals surface area contributed by atoms with Gasteiger partial charge in [-0.3, -0.25) is 0 Å². The summed E-state index contributed by atoms with van der Waals surface area (Å²) in [4.78, 5) is 0. The van der Waals surface area contributed by atoms with E-state index in [0.717, 1.165) is 4.47 Å². The molecule has 2 aromatic carbocycles. The molecule has 0 amide bonds. The molecular formula is C15H12BrFN2O. The van der Waals surface area contributed by atoms with Crippen molar-refractivity contribution in [2.75, 3.05) is 11.9 Å². The zero-order valence-corrected chi connectivity index (χ0v) is 12.1. The number of hydrogen-bond acceptors (Lipinski definition) is 3. The molecule has 1 unspecified atom stereocenters. The zero-order valence-electron chi connectivity index (χ0n) is 10.5. The van der Waals surface area contributed by atoms with Gasteiger partial charge in [0.25, 0.3) is 0 Å². The van der Waals surface area contributed by atoms with Gasteiger partial charge in [0.1, 0.15) is 11.9 Å². The SMILES string of the molecule is N#Cc1ccc(Br)cc1NCC(O)c1ccc(F)cc1. The molecule has 0 saturated carbocycles. The summed E-state index contributed by atoms with van der Waals surface area (Å²) in [6, 6.07) is 13.0. The second-order valence-electron chi connectivity index (χ2n) is 4.25. The van der Waals surface area contributed by atoms with E-state index in [2.05, 4.69) is 27.3 Å². The molecule has 20 heavy (non-hydrogen) atoms. The van der Waals surface area contributed by atoms with Crippen molar-refractivity contribution in [3.05, 3.63) is 63.9 Å². The number of anilines is 1. The van der Waals surface area contributed by atoms with Crippen LogP contribution in [0.5, 0.6) is 0 Å². The van der Waals surface area contributed by atoms with Crippen molar-refractivity contribution in [2.45, 2.75) is 6.10 Å². The van der Waals surface area contributed by atoms with Crippen molar-refractivity contribution in [1.29, 1.82) is 5.26 Å². The highest BCUT2D eigenvalue weighted by atomic mass is 79.9. The molecule has 0 aromatic heterocycles. The minimum Gasteiger partial charge on any atom is -0.387 e. The molecule has 1 atom stereocenters. The minimum atomic E-state index is -0.777. The van der Waals surface area contributed by atoms with E-state index in [4.69, 9.17) is 5.26 Å². The van der Waals surface area contributed by atoms with Gasteiger partial charge < -0.3 is 10.4 Å². The van der Waals surface area contributed by atoms with Crippen LogP contribution in [0, 0.1) is 17.1 Å². The van der Waals surface area contributed by atoms with Crippen molar-refractivity contribution in [1.82, 2.24) is 0 Å². The molecule has 0 aliphatic rings. The fraction of sp³-hybridized carbons (Fsp3) is 0.133. The molecule has 0 aliphatic carbocycles. The number of benzene rings is 2. The molecule has 2 aromatic rings. The van der Waals surface area contributed by atoms with E-state index in [9.17, 15) is 9.50 Å². The zero-order chi connectivity index (χ0) is 14.5. The Balaban J connectivity index is 2.07. The maximum absolute atomic E-state index is 12.8. The molecule has 0 radical (unpaired) electrons. The Labute approximate surface area is 124 Å². The molecule has 2 rings (SSSR count). The van der Waals surface area contributed by atoms with Crippen LogP contribution in [-0.4, -0.2) is 11.7 Å². The van der Waals surface area contributed by atoms with E-state index in [1.165, 1.54) is 24.3 Å². The largest absolute Gasteiger partial charge is 0.387 e. The first-order chi connectivity index (χ1) is 9.60. The number of hydrogen-bond donors (Lipinski definition) is 2. The van der Waals surface area contributed by atoms with E-state index in [1.54, 1.807) is 18.2 Å². The van der Waals surface area contributed by atoms with Crippen molar-refractivity contribution in [3.8, 4) is 6.07 Å². The van der Waals surface area contributed by atoms with E-state index < -0.39 is 6.10 Å². The van der Waals surface area contributed by atoms with Gasteiger partial charge in [-0.2, -0.15) is 5.26 Å². The lowest BCUT2D eigenvalue weighted by molar-refractivity contribution is 0.191. The van der Waals surface area contributed by atoms with Gasteiger partial charge in [-0.05, 0) is 35.9 Å². The van der Waals surface area contributed by atoms with E-state index in [1.807, 2.05) is 0 Å². The van der Waals surface area contributed by atoms with Crippen molar-refractivity contribution in [2.24, 2.45) is 0 Å². The van der Waals surface area contributed by atoms with Crippen LogP contribution in [0.25, 0.3) is 0 Å². The Kier molecular flexibility index (Phi) is 4.72. The van der Waals surface area contributed by atoms with Gasteiger partial charge >= 0.3 is 0 Å². The fourth-order valence-corrected chi connectivity index (χ4v) is 2.13. The second-order valence-corrected chi connectivity index (χ2v) is 5.17. The quantitative estimate of drug-likeness (QED) is 0.898. The lowest BCUT2D eigenvalue weighted by atomic mass is 10.1. The summed E-state index contributed by atoms with van der Waals surface area (Å²) in [6.07, 6.45) is -0.777. The minimum absolute atomic E-state index is 0.233. The number of halogens is 2. The molecule has 0 heterocycles. The van der Waals surface area contributed by atoms with E-state index in [-0.39, 0.29) is 12.4 Å². The molecule has 0 fully saturated rings. The van der Waals surface area contributed by atoms with Crippen molar-refractivity contribution in [3.63, 3.8) is 0 Å². The lowest BCUT2D eigenvalue weighted by Gasteiger charge is -2.14. The fourth-order valence-electron chi connectivity index (χ4n) is 1.77. The third-order valence-electron chi connectivity index (χ3n) is 2.84. The topological polar surface area (TPSA) is 56.0 Å². The predicted molar refractivity (Wildman–Crippen MR) is 78.7 cm³/mol. The lowest BCUT2D eigenvalue weighted by Crippen LogP contribution is -2.12. The highest BCUT2D eigenvalue weighted by molar-refractivity contribution is 9.10. The van der Waals surface area contributed by atoms with Gasteiger partial charge in [0, 0.05) is 11.0 Å². The van der Waals surface area contributed by atoms with Crippen LogP contribution in [0.4, 0.5) is 10.1 Å². The maximum Gasteiger partial charge on any atom is 0.123 e. The first-order valence-corrected chi connectivity index (χ1v) is 6.76. The summed E-state index contributed by atoms with van der Waals surface area (Å²) >= 11 is 3.33.